The molecule has 5 nitrogen and oxygen atoms in total. The van der Waals surface area contributed by atoms with E-state index in [1.807, 2.05) is 30.5 Å². The Hall–Kier alpha value is -2.92. The van der Waals surface area contributed by atoms with Crippen LogP contribution in [0.2, 0.25) is 5.02 Å². The average molecular weight is 397 g/mol. The van der Waals surface area contributed by atoms with Gasteiger partial charge in [-0.05, 0) is 41.8 Å². The number of fused-ring (bicyclic) bond motifs is 2. The number of halogens is 1. The van der Waals surface area contributed by atoms with Crippen LogP contribution in [0.1, 0.15) is 17.5 Å². The maximum atomic E-state index is 12.1. The third-order valence-electron chi connectivity index (χ3n) is 4.62. The van der Waals surface area contributed by atoms with E-state index in [0.717, 1.165) is 23.9 Å². The lowest BCUT2D eigenvalue weighted by Gasteiger charge is -2.10. The summed E-state index contributed by atoms with van der Waals surface area (Å²) in [7, 11) is 0. The van der Waals surface area contributed by atoms with Crippen molar-refractivity contribution >= 4 is 34.5 Å². The molecule has 2 heterocycles. The maximum Gasteiger partial charge on any atom is 0.244 e. The minimum absolute atomic E-state index is 0.150. The van der Waals surface area contributed by atoms with Gasteiger partial charge in [0.1, 0.15) is 0 Å². The number of carbonyl (C=O) groups is 1. The van der Waals surface area contributed by atoms with Crippen molar-refractivity contribution in [1.29, 1.82) is 0 Å². The Bertz CT molecular complexity index is 1030. The highest BCUT2D eigenvalue weighted by molar-refractivity contribution is 6.32. The second-order valence-electron chi connectivity index (χ2n) is 6.61. The summed E-state index contributed by atoms with van der Waals surface area (Å²) < 4.78 is 11.3. The van der Waals surface area contributed by atoms with Crippen LogP contribution in [0, 0.1) is 0 Å². The summed E-state index contributed by atoms with van der Waals surface area (Å²) in [5, 5.41) is 4.59. The molecule has 28 heavy (non-hydrogen) atoms. The molecule has 3 aromatic rings. The summed E-state index contributed by atoms with van der Waals surface area (Å²) >= 11 is 6.28. The van der Waals surface area contributed by atoms with Crippen molar-refractivity contribution in [3.63, 3.8) is 0 Å². The number of H-pyrrole nitrogens is 1. The second kappa shape index (κ2) is 8.40. The van der Waals surface area contributed by atoms with Gasteiger partial charge in [-0.3, -0.25) is 4.79 Å². The van der Waals surface area contributed by atoms with E-state index < -0.39 is 0 Å². The van der Waals surface area contributed by atoms with Gasteiger partial charge in [-0.25, -0.2) is 0 Å². The van der Waals surface area contributed by atoms with Crippen molar-refractivity contribution < 1.29 is 14.3 Å². The molecule has 0 fully saturated rings. The van der Waals surface area contributed by atoms with Gasteiger partial charge in [-0.2, -0.15) is 0 Å². The van der Waals surface area contributed by atoms with Gasteiger partial charge in [0.25, 0.3) is 0 Å². The zero-order valence-corrected chi connectivity index (χ0v) is 16.1. The van der Waals surface area contributed by atoms with Gasteiger partial charge >= 0.3 is 0 Å². The Labute approximate surface area is 168 Å². The van der Waals surface area contributed by atoms with Crippen LogP contribution in [0.25, 0.3) is 17.0 Å². The summed E-state index contributed by atoms with van der Waals surface area (Å²) in [6.45, 7) is 1.73. The van der Waals surface area contributed by atoms with E-state index in [0.29, 0.717) is 36.3 Å². The predicted octanol–water partition coefficient (Wildman–Crippen LogP) is 4.35. The molecule has 0 saturated carbocycles. The minimum Gasteiger partial charge on any atom is -0.489 e. The Morgan fingerprint density at radius 2 is 2.07 bits per heavy atom. The molecule has 144 valence electrons. The quantitative estimate of drug-likeness (QED) is 0.630. The first-order chi connectivity index (χ1) is 13.7. The van der Waals surface area contributed by atoms with Crippen molar-refractivity contribution in [3.05, 3.63) is 64.8 Å². The highest BCUT2D eigenvalue weighted by Gasteiger charge is 2.15. The van der Waals surface area contributed by atoms with E-state index in [1.54, 1.807) is 12.1 Å². The molecule has 0 unspecified atom stereocenters. The predicted molar refractivity (Wildman–Crippen MR) is 111 cm³/mol. The monoisotopic (exact) mass is 396 g/mol. The molecule has 0 saturated heterocycles. The van der Waals surface area contributed by atoms with Gasteiger partial charge < -0.3 is 19.8 Å². The Kier molecular flexibility index (Phi) is 5.53. The van der Waals surface area contributed by atoms with E-state index in [1.165, 1.54) is 17.0 Å². The number of carbonyl (C=O) groups excluding carboxylic acids is 1. The van der Waals surface area contributed by atoms with E-state index in [4.69, 9.17) is 21.1 Å². The summed E-state index contributed by atoms with van der Waals surface area (Å²) in [5.41, 5.74) is 3.09. The lowest BCUT2D eigenvalue weighted by molar-refractivity contribution is -0.116. The zero-order chi connectivity index (χ0) is 19.3. The van der Waals surface area contributed by atoms with Gasteiger partial charge in [0.15, 0.2) is 11.5 Å². The summed E-state index contributed by atoms with van der Waals surface area (Å²) in [5.74, 6) is 1.03. The van der Waals surface area contributed by atoms with Crippen molar-refractivity contribution in [2.75, 3.05) is 19.8 Å². The molecular formula is C22H21ClN2O3. The number of nitrogens with one attached hydrogen (secondary N) is 2. The number of hydrogen-bond acceptors (Lipinski definition) is 3. The van der Waals surface area contributed by atoms with Crippen molar-refractivity contribution in [2.24, 2.45) is 0 Å². The van der Waals surface area contributed by atoms with Crippen LogP contribution in [-0.2, 0) is 11.2 Å². The largest absolute Gasteiger partial charge is 0.489 e. The molecule has 1 aliphatic rings. The van der Waals surface area contributed by atoms with Crippen LogP contribution in [0.5, 0.6) is 11.5 Å². The number of rotatable bonds is 5. The van der Waals surface area contributed by atoms with Crippen LogP contribution in [-0.4, -0.2) is 30.6 Å². The van der Waals surface area contributed by atoms with Gasteiger partial charge in [0.05, 0.1) is 18.2 Å². The maximum absolute atomic E-state index is 12.1. The van der Waals surface area contributed by atoms with Crippen LogP contribution in [0.3, 0.4) is 0 Å². The molecule has 2 aromatic carbocycles. The number of ether oxygens (including phenoxy) is 2. The minimum atomic E-state index is -0.150. The molecule has 6 heteroatoms. The van der Waals surface area contributed by atoms with Gasteiger partial charge in [-0.15, -0.1) is 0 Å². The zero-order valence-electron chi connectivity index (χ0n) is 15.3. The summed E-state index contributed by atoms with van der Waals surface area (Å²) in [4.78, 5) is 15.4. The molecule has 0 bridgehead atoms. The lowest BCUT2D eigenvalue weighted by atomic mass is 10.1. The molecule has 0 atom stereocenters. The third kappa shape index (κ3) is 4.15. The molecule has 0 spiro atoms. The third-order valence-corrected chi connectivity index (χ3v) is 4.90. The molecule has 1 aromatic heterocycles. The normalized spacial score (nSPS) is 13.6. The fourth-order valence-corrected chi connectivity index (χ4v) is 3.51. The average Bonchev–Trinajstić information content (AvgIpc) is 2.95. The van der Waals surface area contributed by atoms with Crippen LogP contribution in [0.4, 0.5) is 0 Å². The van der Waals surface area contributed by atoms with Gasteiger partial charge in [0, 0.05) is 36.1 Å². The van der Waals surface area contributed by atoms with Crippen molar-refractivity contribution in [1.82, 2.24) is 10.3 Å². The highest BCUT2D eigenvalue weighted by Crippen LogP contribution is 2.38. The number of benzene rings is 2. The molecule has 0 radical (unpaired) electrons. The first-order valence-corrected chi connectivity index (χ1v) is 9.68. The van der Waals surface area contributed by atoms with Gasteiger partial charge in [-0.1, -0.05) is 29.8 Å². The lowest BCUT2D eigenvalue weighted by Crippen LogP contribution is -2.23. The molecule has 2 N–H and O–H groups in total. The summed E-state index contributed by atoms with van der Waals surface area (Å²) in [6.07, 6.45) is 6.80. The molecular weight excluding hydrogens is 376 g/mol. The van der Waals surface area contributed by atoms with E-state index in [9.17, 15) is 4.79 Å². The van der Waals surface area contributed by atoms with E-state index in [-0.39, 0.29) is 5.91 Å². The van der Waals surface area contributed by atoms with E-state index in [2.05, 4.69) is 16.4 Å². The van der Waals surface area contributed by atoms with Crippen LogP contribution >= 0.6 is 11.6 Å². The smallest absolute Gasteiger partial charge is 0.244 e. The van der Waals surface area contributed by atoms with Crippen molar-refractivity contribution in [3.8, 4) is 11.5 Å². The molecule has 1 amide bonds. The SMILES string of the molecule is O=C(/C=C/c1cc(Cl)c2c(c1)OCCCO2)NCCc1c[nH]c2ccccc12. The molecule has 1 aliphatic heterocycles. The Morgan fingerprint density at radius 3 is 3.00 bits per heavy atom. The van der Waals surface area contributed by atoms with Crippen molar-refractivity contribution in [2.45, 2.75) is 12.8 Å². The fourth-order valence-electron chi connectivity index (χ4n) is 3.24. The number of aromatic nitrogens is 1. The Morgan fingerprint density at radius 1 is 1.21 bits per heavy atom. The Balaban J connectivity index is 1.35. The number of para-hydroxylation sites is 1. The topological polar surface area (TPSA) is 63.4 Å². The van der Waals surface area contributed by atoms with Crippen LogP contribution in [0.15, 0.2) is 48.7 Å². The fraction of sp³-hybridized carbons (Fsp3) is 0.227. The first kappa shape index (κ1) is 18.4. The van der Waals surface area contributed by atoms with Crippen LogP contribution < -0.4 is 14.8 Å². The highest BCUT2D eigenvalue weighted by atomic mass is 35.5. The van der Waals surface area contributed by atoms with E-state index >= 15 is 0 Å². The number of amides is 1. The van der Waals surface area contributed by atoms with Gasteiger partial charge in [0.2, 0.25) is 5.91 Å². The molecule has 0 aliphatic carbocycles. The second-order valence-corrected chi connectivity index (χ2v) is 7.02. The summed E-state index contributed by atoms with van der Waals surface area (Å²) in [6, 6.07) is 11.7. The number of aromatic amines is 1. The first-order valence-electron chi connectivity index (χ1n) is 9.31. The number of hydrogen-bond donors (Lipinski definition) is 2. The standard InChI is InChI=1S/C22H21ClN2O3/c23-18-12-15(13-20-22(18)28-11-3-10-27-20)6-7-21(26)24-9-8-16-14-25-19-5-2-1-4-17(16)19/h1-2,4-7,12-14,25H,3,8-11H2,(H,24,26)/b7-6+. The molecule has 4 rings (SSSR count).